The summed E-state index contributed by atoms with van der Waals surface area (Å²) < 4.78 is 12.2. The smallest absolute Gasteiger partial charge is 0.314 e. The van der Waals surface area contributed by atoms with E-state index in [-0.39, 0.29) is 11.9 Å². The van der Waals surface area contributed by atoms with Crippen LogP contribution in [0, 0.1) is 5.92 Å². The Labute approximate surface area is 246 Å². The van der Waals surface area contributed by atoms with Gasteiger partial charge in [0.05, 0.1) is 33.9 Å². The molecule has 0 N–H and O–H groups in total. The molecule has 40 heavy (non-hydrogen) atoms. The van der Waals surface area contributed by atoms with Crippen molar-refractivity contribution in [1.29, 1.82) is 0 Å². The molecule has 4 nitrogen and oxygen atoms in total. The minimum Gasteiger partial charge on any atom is -0.493 e. The van der Waals surface area contributed by atoms with Gasteiger partial charge in [0.15, 0.2) is 0 Å². The quantitative estimate of drug-likeness (QED) is 0.0783. The van der Waals surface area contributed by atoms with Gasteiger partial charge in [-0.05, 0) is 37.5 Å². The van der Waals surface area contributed by atoms with Crippen molar-refractivity contribution in [1.82, 2.24) is 0 Å². The van der Waals surface area contributed by atoms with E-state index in [9.17, 15) is 4.79 Å². The van der Waals surface area contributed by atoms with Crippen LogP contribution in [0.2, 0.25) is 0 Å². The summed E-state index contributed by atoms with van der Waals surface area (Å²) in [4.78, 5) is 12.5. The molecule has 0 radical (unpaired) electrons. The summed E-state index contributed by atoms with van der Waals surface area (Å²) in [5, 5.41) is 0. The first-order chi connectivity index (χ1) is 19.4. The Morgan fingerprint density at radius 1 is 0.700 bits per heavy atom. The first-order valence-corrected chi connectivity index (χ1v) is 16.1. The van der Waals surface area contributed by atoms with Crippen molar-refractivity contribution in [3.8, 4) is 5.75 Å². The molecule has 0 fully saturated rings. The number of hydrogen-bond donors (Lipinski definition) is 0. The maximum absolute atomic E-state index is 12.5. The Hall–Kier alpha value is -2.33. The first kappa shape index (κ1) is 33.9. The third kappa shape index (κ3) is 16.1. The zero-order valence-corrected chi connectivity index (χ0v) is 26.2. The molecule has 0 aliphatic rings. The van der Waals surface area contributed by atoms with Crippen molar-refractivity contribution in [2.45, 2.75) is 110 Å². The number of hydrogen-bond acceptors (Lipinski definition) is 3. The molecule has 0 amide bonds. The van der Waals surface area contributed by atoms with Crippen LogP contribution in [0.3, 0.4) is 0 Å². The molecule has 0 aromatic heterocycles. The van der Waals surface area contributed by atoms with Crippen LogP contribution in [0.1, 0.15) is 108 Å². The predicted octanol–water partition coefficient (Wildman–Crippen LogP) is 9.16. The molecule has 2 aromatic rings. The summed E-state index contributed by atoms with van der Waals surface area (Å²) in [6.07, 6.45) is 18.5. The van der Waals surface area contributed by atoms with E-state index in [1.54, 1.807) is 0 Å². The second kappa shape index (κ2) is 20.5. The van der Waals surface area contributed by atoms with Gasteiger partial charge in [0.2, 0.25) is 0 Å². The number of quaternary nitrogens is 1. The molecule has 0 saturated carbocycles. The highest BCUT2D eigenvalue weighted by Gasteiger charge is 2.25. The summed E-state index contributed by atoms with van der Waals surface area (Å²) >= 11 is 0. The Kier molecular flexibility index (Phi) is 17.4. The molecular weight excluding hydrogens is 494 g/mol. The highest BCUT2D eigenvalue weighted by molar-refractivity contribution is 5.72. The fourth-order valence-electron chi connectivity index (χ4n) is 5.44. The number of carbonyl (C=O) groups is 1. The minimum absolute atomic E-state index is 0.124. The van der Waals surface area contributed by atoms with E-state index in [1.807, 2.05) is 13.0 Å². The van der Waals surface area contributed by atoms with E-state index in [0.29, 0.717) is 19.6 Å². The number of aryl methyl sites for hydroxylation is 1. The average Bonchev–Trinajstić information content (AvgIpc) is 2.94. The molecule has 0 spiro atoms. The number of rotatable bonds is 23. The van der Waals surface area contributed by atoms with Crippen LogP contribution in [0.5, 0.6) is 5.75 Å². The maximum Gasteiger partial charge on any atom is 0.314 e. The predicted molar refractivity (Wildman–Crippen MR) is 169 cm³/mol. The summed E-state index contributed by atoms with van der Waals surface area (Å²) in [5.74, 6) is 0.622. The molecule has 1 atom stereocenters. The SMILES string of the molecule is CCCCCCCCCCCCCCc1ccc(OCCCOC(=O)C(C)C[N+](C)(C)Cc2ccccc2)cc1. The zero-order valence-electron chi connectivity index (χ0n) is 26.2. The van der Waals surface area contributed by atoms with Crippen LogP contribution in [0.25, 0.3) is 0 Å². The number of nitrogens with zero attached hydrogens (tertiary/aromatic N) is 1. The van der Waals surface area contributed by atoms with E-state index >= 15 is 0 Å². The molecule has 0 bridgehead atoms. The van der Waals surface area contributed by atoms with E-state index in [4.69, 9.17) is 9.47 Å². The summed E-state index contributed by atoms with van der Waals surface area (Å²) in [6, 6.07) is 18.9. The highest BCUT2D eigenvalue weighted by Crippen LogP contribution is 2.17. The van der Waals surface area contributed by atoms with Gasteiger partial charge in [0.1, 0.15) is 18.2 Å². The normalized spacial score (nSPS) is 12.3. The Morgan fingerprint density at radius 3 is 1.88 bits per heavy atom. The number of carbonyl (C=O) groups excluding carboxylic acids is 1. The van der Waals surface area contributed by atoms with E-state index in [2.05, 4.69) is 69.6 Å². The zero-order chi connectivity index (χ0) is 28.9. The maximum atomic E-state index is 12.5. The van der Waals surface area contributed by atoms with Gasteiger partial charge in [0, 0.05) is 12.0 Å². The molecule has 224 valence electrons. The highest BCUT2D eigenvalue weighted by atomic mass is 16.5. The van der Waals surface area contributed by atoms with Crippen LogP contribution >= 0.6 is 0 Å². The lowest BCUT2D eigenvalue weighted by atomic mass is 10.0. The molecule has 2 rings (SSSR count). The Morgan fingerprint density at radius 2 is 1.27 bits per heavy atom. The third-order valence-electron chi connectivity index (χ3n) is 7.67. The van der Waals surface area contributed by atoms with Gasteiger partial charge in [-0.25, -0.2) is 0 Å². The Balaban J connectivity index is 1.48. The standard InChI is InChI=1S/C36H58NO3/c1-5-6-7-8-9-10-11-12-13-14-15-17-21-33-24-26-35(27-25-33)39-28-20-29-40-36(38)32(2)30-37(3,4)31-34-22-18-16-19-23-34/h16,18-19,22-27,32H,5-15,17,20-21,28-31H2,1-4H3/q+1. The van der Waals surface area contributed by atoms with E-state index in [1.165, 1.54) is 88.2 Å². The monoisotopic (exact) mass is 552 g/mol. The van der Waals surface area contributed by atoms with Crippen molar-refractivity contribution >= 4 is 5.97 Å². The second-order valence-corrected chi connectivity index (χ2v) is 12.3. The van der Waals surface area contributed by atoms with E-state index in [0.717, 1.165) is 29.7 Å². The summed E-state index contributed by atoms with van der Waals surface area (Å²) in [7, 11) is 4.32. The number of esters is 1. The lowest BCUT2D eigenvalue weighted by molar-refractivity contribution is -0.905. The Bertz CT molecular complexity index is 894. The molecule has 4 heteroatoms. The fourth-order valence-corrected chi connectivity index (χ4v) is 5.44. The molecule has 0 aliphatic heterocycles. The number of benzene rings is 2. The lowest BCUT2D eigenvalue weighted by Gasteiger charge is -2.31. The van der Waals surface area contributed by atoms with Crippen LogP contribution in [-0.2, 0) is 22.5 Å². The molecule has 0 heterocycles. The van der Waals surface area contributed by atoms with Crippen molar-refractivity contribution in [3.63, 3.8) is 0 Å². The van der Waals surface area contributed by atoms with Gasteiger partial charge < -0.3 is 14.0 Å². The minimum atomic E-state index is -0.141. The van der Waals surface area contributed by atoms with Crippen LogP contribution in [0.15, 0.2) is 54.6 Å². The summed E-state index contributed by atoms with van der Waals surface area (Å²) in [5.41, 5.74) is 2.67. The average molecular weight is 553 g/mol. The van der Waals surface area contributed by atoms with Crippen molar-refractivity contribution in [2.75, 3.05) is 33.9 Å². The van der Waals surface area contributed by atoms with Gasteiger partial charge >= 0.3 is 5.97 Å². The van der Waals surface area contributed by atoms with Gasteiger partial charge in [0.25, 0.3) is 0 Å². The van der Waals surface area contributed by atoms with Crippen molar-refractivity contribution < 1.29 is 18.8 Å². The number of ether oxygens (including phenoxy) is 2. The van der Waals surface area contributed by atoms with Crippen molar-refractivity contribution in [3.05, 3.63) is 65.7 Å². The van der Waals surface area contributed by atoms with E-state index < -0.39 is 0 Å². The van der Waals surface area contributed by atoms with Gasteiger partial charge in [-0.15, -0.1) is 0 Å². The van der Waals surface area contributed by atoms with Crippen LogP contribution in [-0.4, -0.2) is 44.3 Å². The van der Waals surface area contributed by atoms with Crippen LogP contribution in [0.4, 0.5) is 0 Å². The fraction of sp³-hybridized carbons (Fsp3) is 0.639. The molecule has 2 aromatic carbocycles. The van der Waals surface area contributed by atoms with Gasteiger partial charge in [-0.1, -0.05) is 120 Å². The van der Waals surface area contributed by atoms with Gasteiger partial charge in [-0.3, -0.25) is 4.79 Å². The molecular formula is C36H58NO3+. The van der Waals surface area contributed by atoms with Crippen molar-refractivity contribution in [2.24, 2.45) is 5.92 Å². The lowest BCUT2D eigenvalue weighted by Crippen LogP contribution is -2.44. The van der Waals surface area contributed by atoms with Gasteiger partial charge in [-0.2, -0.15) is 0 Å². The largest absolute Gasteiger partial charge is 0.493 e. The summed E-state index contributed by atoms with van der Waals surface area (Å²) in [6.45, 7) is 6.83. The molecule has 0 saturated heterocycles. The third-order valence-corrected chi connectivity index (χ3v) is 7.67. The van der Waals surface area contributed by atoms with Crippen LogP contribution < -0.4 is 4.74 Å². The first-order valence-electron chi connectivity index (χ1n) is 16.1. The second-order valence-electron chi connectivity index (χ2n) is 12.3. The topological polar surface area (TPSA) is 35.5 Å². The molecule has 0 aliphatic carbocycles. The molecule has 1 unspecified atom stereocenters. The number of unbranched alkanes of at least 4 members (excludes halogenated alkanes) is 11.